The SMILES string of the molecule is COc1ccc2c(CN3C(=O)C(=O)N(CC(C)C)C3=O)cc(=O)oc2c1. The number of rotatable bonds is 5. The molecule has 0 atom stereocenters. The number of fused-ring (bicyclic) bond motifs is 1. The van der Waals surface area contributed by atoms with Crippen LogP contribution >= 0.6 is 0 Å². The van der Waals surface area contributed by atoms with E-state index in [1.807, 2.05) is 13.8 Å². The van der Waals surface area contributed by atoms with Gasteiger partial charge in [0.15, 0.2) is 0 Å². The van der Waals surface area contributed by atoms with Gasteiger partial charge in [0.2, 0.25) is 0 Å². The molecule has 26 heavy (non-hydrogen) atoms. The van der Waals surface area contributed by atoms with Crippen molar-refractivity contribution in [2.24, 2.45) is 5.92 Å². The van der Waals surface area contributed by atoms with Gasteiger partial charge in [-0.1, -0.05) is 13.8 Å². The molecule has 2 heterocycles. The van der Waals surface area contributed by atoms with Crippen LogP contribution in [0.4, 0.5) is 4.79 Å². The molecule has 8 heteroatoms. The fourth-order valence-electron chi connectivity index (χ4n) is 2.85. The highest BCUT2D eigenvalue weighted by Crippen LogP contribution is 2.25. The molecule has 0 spiro atoms. The minimum atomic E-state index is -0.898. The Morgan fingerprint density at radius 2 is 1.73 bits per heavy atom. The van der Waals surface area contributed by atoms with E-state index in [2.05, 4.69) is 0 Å². The molecule has 0 aliphatic carbocycles. The van der Waals surface area contributed by atoms with Crippen molar-refractivity contribution in [2.75, 3.05) is 13.7 Å². The standard InChI is InChI=1S/C18H18N2O6/c1-10(2)8-19-16(22)17(23)20(18(19)24)9-11-6-15(21)26-14-7-12(25-3)4-5-13(11)14/h4-7,10H,8-9H2,1-3H3. The smallest absolute Gasteiger partial charge is 0.336 e. The highest BCUT2D eigenvalue weighted by molar-refractivity contribution is 6.44. The molecule has 1 fully saturated rings. The van der Waals surface area contributed by atoms with Crippen molar-refractivity contribution in [1.82, 2.24) is 9.80 Å². The van der Waals surface area contributed by atoms with Crippen molar-refractivity contribution in [3.8, 4) is 5.75 Å². The van der Waals surface area contributed by atoms with Crippen molar-refractivity contribution < 1.29 is 23.5 Å². The number of imide groups is 2. The predicted molar refractivity (Wildman–Crippen MR) is 91.5 cm³/mol. The molecule has 0 saturated carbocycles. The number of methoxy groups -OCH3 is 1. The lowest BCUT2D eigenvalue weighted by molar-refractivity contribution is -0.143. The Bertz CT molecular complexity index is 962. The van der Waals surface area contributed by atoms with Crippen molar-refractivity contribution >= 4 is 28.8 Å². The first kappa shape index (κ1) is 17.7. The molecular weight excluding hydrogens is 340 g/mol. The number of carbonyl (C=O) groups excluding carboxylic acids is 3. The van der Waals surface area contributed by atoms with Crippen LogP contribution < -0.4 is 10.4 Å². The Kier molecular flexibility index (Phi) is 4.50. The van der Waals surface area contributed by atoms with E-state index in [-0.39, 0.29) is 24.6 Å². The lowest BCUT2D eigenvalue weighted by atomic mass is 10.1. The van der Waals surface area contributed by atoms with Gasteiger partial charge >= 0.3 is 23.5 Å². The second kappa shape index (κ2) is 6.62. The molecule has 0 unspecified atom stereocenters. The van der Waals surface area contributed by atoms with E-state index in [4.69, 9.17) is 9.15 Å². The Morgan fingerprint density at radius 1 is 1.04 bits per heavy atom. The molecule has 8 nitrogen and oxygen atoms in total. The summed E-state index contributed by atoms with van der Waals surface area (Å²) in [6, 6.07) is 5.43. The summed E-state index contributed by atoms with van der Waals surface area (Å²) in [4.78, 5) is 50.4. The Hall–Kier alpha value is -3.16. The first-order valence-corrected chi connectivity index (χ1v) is 8.10. The van der Waals surface area contributed by atoms with E-state index in [0.29, 0.717) is 16.7 Å². The van der Waals surface area contributed by atoms with Gasteiger partial charge in [-0.15, -0.1) is 0 Å². The fourth-order valence-corrected chi connectivity index (χ4v) is 2.85. The number of carbonyl (C=O) groups is 3. The van der Waals surface area contributed by atoms with Crippen LogP contribution in [0.2, 0.25) is 0 Å². The van der Waals surface area contributed by atoms with Gasteiger partial charge in [-0.05, 0) is 23.6 Å². The number of ether oxygens (including phenoxy) is 1. The van der Waals surface area contributed by atoms with E-state index < -0.39 is 23.5 Å². The van der Waals surface area contributed by atoms with Crippen molar-refractivity contribution in [2.45, 2.75) is 20.4 Å². The van der Waals surface area contributed by atoms with E-state index in [0.717, 1.165) is 9.80 Å². The van der Waals surface area contributed by atoms with E-state index in [9.17, 15) is 19.2 Å². The second-order valence-corrected chi connectivity index (χ2v) is 6.44. The van der Waals surface area contributed by atoms with Gasteiger partial charge in [-0.3, -0.25) is 19.4 Å². The van der Waals surface area contributed by atoms with Crippen LogP contribution in [0.15, 0.2) is 33.5 Å². The van der Waals surface area contributed by atoms with Gasteiger partial charge < -0.3 is 9.15 Å². The number of nitrogens with zero attached hydrogens (tertiary/aromatic N) is 2. The van der Waals surface area contributed by atoms with Crippen molar-refractivity contribution in [1.29, 1.82) is 0 Å². The molecule has 0 radical (unpaired) electrons. The van der Waals surface area contributed by atoms with Crippen LogP contribution in [0.1, 0.15) is 19.4 Å². The predicted octanol–water partition coefficient (Wildman–Crippen LogP) is 1.75. The summed E-state index contributed by atoms with van der Waals surface area (Å²) in [5.41, 5.74) is 0.0707. The van der Waals surface area contributed by atoms with Crippen LogP contribution in [-0.4, -0.2) is 41.3 Å². The monoisotopic (exact) mass is 358 g/mol. The van der Waals surface area contributed by atoms with Crippen LogP contribution in [0.5, 0.6) is 5.75 Å². The number of urea groups is 1. The third-order valence-electron chi connectivity index (χ3n) is 4.05. The molecule has 1 aliphatic heterocycles. The van der Waals surface area contributed by atoms with Gasteiger partial charge in [-0.2, -0.15) is 0 Å². The Morgan fingerprint density at radius 3 is 2.38 bits per heavy atom. The zero-order chi connectivity index (χ0) is 19.0. The molecule has 4 amide bonds. The zero-order valence-electron chi connectivity index (χ0n) is 14.6. The second-order valence-electron chi connectivity index (χ2n) is 6.44. The van der Waals surface area contributed by atoms with E-state index >= 15 is 0 Å². The molecule has 136 valence electrons. The minimum Gasteiger partial charge on any atom is -0.497 e. The summed E-state index contributed by atoms with van der Waals surface area (Å²) in [5, 5.41) is 0.556. The maximum absolute atomic E-state index is 12.5. The molecular formula is C18H18N2O6. The molecule has 1 aromatic carbocycles. The highest BCUT2D eigenvalue weighted by atomic mass is 16.5. The minimum absolute atomic E-state index is 0.0349. The van der Waals surface area contributed by atoms with Crippen LogP contribution in [-0.2, 0) is 16.1 Å². The molecule has 0 bridgehead atoms. The molecule has 1 saturated heterocycles. The van der Waals surface area contributed by atoms with Gasteiger partial charge in [0.05, 0.1) is 13.7 Å². The van der Waals surface area contributed by atoms with Crippen molar-refractivity contribution in [3.05, 3.63) is 40.2 Å². The zero-order valence-corrected chi connectivity index (χ0v) is 14.6. The number of hydrogen-bond acceptors (Lipinski definition) is 6. The Labute approximate surface area is 148 Å². The average Bonchev–Trinajstić information content (AvgIpc) is 2.78. The lowest BCUT2D eigenvalue weighted by Gasteiger charge is -2.17. The topological polar surface area (TPSA) is 97.1 Å². The van der Waals surface area contributed by atoms with Crippen LogP contribution in [0, 0.1) is 5.92 Å². The highest BCUT2D eigenvalue weighted by Gasteiger charge is 2.44. The van der Waals surface area contributed by atoms with Gasteiger partial charge in [0.25, 0.3) is 0 Å². The first-order valence-electron chi connectivity index (χ1n) is 8.10. The van der Waals surface area contributed by atoms with Crippen LogP contribution in [0.25, 0.3) is 11.0 Å². The fraction of sp³-hybridized carbons (Fsp3) is 0.333. The Balaban J connectivity index is 1.98. The quantitative estimate of drug-likeness (QED) is 0.459. The van der Waals surface area contributed by atoms with Gasteiger partial charge in [0, 0.05) is 24.1 Å². The number of hydrogen-bond donors (Lipinski definition) is 0. The number of benzene rings is 1. The van der Waals surface area contributed by atoms with Gasteiger partial charge in [-0.25, -0.2) is 9.59 Å². The normalized spacial score (nSPS) is 14.8. The van der Waals surface area contributed by atoms with E-state index in [1.54, 1.807) is 18.2 Å². The molecule has 2 aromatic rings. The van der Waals surface area contributed by atoms with Gasteiger partial charge in [0.1, 0.15) is 11.3 Å². The summed E-state index contributed by atoms with van der Waals surface area (Å²) < 4.78 is 10.3. The molecule has 3 rings (SSSR count). The summed E-state index contributed by atoms with van der Waals surface area (Å²) in [7, 11) is 1.49. The molecule has 0 N–H and O–H groups in total. The maximum Gasteiger partial charge on any atom is 0.336 e. The summed E-state index contributed by atoms with van der Waals surface area (Å²) in [6.07, 6.45) is 0. The number of amides is 4. The first-order chi connectivity index (χ1) is 12.3. The third-order valence-corrected chi connectivity index (χ3v) is 4.05. The average molecular weight is 358 g/mol. The van der Waals surface area contributed by atoms with Crippen LogP contribution in [0.3, 0.4) is 0 Å². The maximum atomic E-state index is 12.5. The van der Waals surface area contributed by atoms with Crippen molar-refractivity contribution in [3.63, 3.8) is 0 Å². The summed E-state index contributed by atoms with van der Waals surface area (Å²) >= 11 is 0. The third kappa shape index (κ3) is 3.05. The molecule has 1 aromatic heterocycles. The summed E-state index contributed by atoms with van der Waals surface area (Å²) in [6.45, 7) is 3.66. The summed E-state index contributed by atoms with van der Waals surface area (Å²) in [5.74, 6) is -1.21. The lowest BCUT2D eigenvalue weighted by Crippen LogP contribution is -2.35. The largest absolute Gasteiger partial charge is 0.497 e. The van der Waals surface area contributed by atoms with E-state index in [1.165, 1.54) is 13.2 Å². The molecule has 1 aliphatic rings.